The van der Waals surface area contributed by atoms with E-state index in [1.165, 1.54) is 17.0 Å². The largest absolute Gasteiger partial charge is 0.318 e. The Morgan fingerprint density at radius 1 is 1.00 bits per heavy atom. The maximum absolute atomic E-state index is 13.3. The summed E-state index contributed by atoms with van der Waals surface area (Å²) in [5, 5.41) is -0.266. The Labute approximate surface area is 172 Å². The van der Waals surface area contributed by atoms with Crippen molar-refractivity contribution in [2.75, 3.05) is 0 Å². The zero-order chi connectivity index (χ0) is 20.5. The molecule has 0 spiro atoms. The Morgan fingerprint density at radius 3 is 2.38 bits per heavy atom. The minimum atomic E-state index is -0.288. The van der Waals surface area contributed by atoms with Crippen molar-refractivity contribution in [1.29, 1.82) is 0 Å². The van der Waals surface area contributed by atoms with E-state index in [9.17, 15) is 14.0 Å². The predicted molar refractivity (Wildman–Crippen MR) is 113 cm³/mol. The van der Waals surface area contributed by atoms with Gasteiger partial charge in [-0.3, -0.25) is 14.5 Å². The third kappa shape index (κ3) is 3.76. The molecule has 0 aliphatic carbocycles. The molecule has 1 saturated heterocycles. The lowest BCUT2D eigenvalue weighted by molar-refractivity contribution is -0.123. The van der Waals surface area contributed by atoms with Gasteiger partial charge in [0.2, 0.25) is 0 Å². The van der Waals surface area contributed by atoms with E-state index in [2.05, 4.69) is 0 Å². The minimum Gasteiger partial charge on any atom is -0.318 e. The maximum Gasteiger partial charge on any atom is 0.293 e. The Morgan fingerprint density at radius 2 is 1.69 bits per heavy atom. The lowest BCUT2D eigenvalue weighted by atomic mass is 10.2. The molecule has 0 saturated carbocycles. The molecule has 4 nitrogen and oxygen atoms in total. The highest BCUT2D eigenvalue weighted by Crippen LogP contribution is 2.34. The molecule has 4 rings (SSSR count). The molecule has 1 fully saturated rings. The second-order valence-electron chi connectivity index (χ2n) is 6.89. The summed E-state index contributed by atoms with van der Waals surface area (Å²) in [5.74, 6) is -0.570. The molecule has 2 amide bonds. The number of hydrogen-bond acceptors (Lipinski definition) is 3. The molecule has 146 valence electrons. The fourth-order valence-electron chi connectivity index (χ4n) is 3.46. The lowest BCUT2D eigenvalue weighted by Crippen LogP contribution is -2.27. The third-order valence-corrected chi connectivity index (χ3v) is 5.81. The highest BCUT2D eigenvalue weighted by molar-refractivity contribution is 8.18. The fraction of sp³-hybridized carbons (Fsp3) is 0.130. The predicted octanol–water partition coefficient (Wildman–Crippen LogP) is 5.47. The maximum atomic E-state index is 13.3. The number of imide groups is 1. The number of aryl methyl sites for hydroxylation is 1. The van der Waals surface area contributed by atoms with Crippen LogP contribution in [0, 0.1) is 19.7 Å². The molecular formula is C23H19FN2O2S. The summed E-state index contributed by atoms with van der Waals surface area (Å²) in [5.41, 5.74) is 4.49. The first-order valence-electron chi connectivity index (χ1n) is 9.18. The van der Waals surface area contributed by atoms with Crippen molar-refractivity contribution in [2.24, 2.45) is 0 Å². The van der Waals surface area contributed by atoms with Gasteiger partial charge in [0.05, 0.1) is 11.4 Å². The van der Waals surface area contributed by atoms with Gasteiger partial charge in [0.1, 0.15) is 5.82 Å². The molecule has 0 radical (unpaired) electrons. The minimum absolute atomic E-state index is 0.261. The Balaban J connectivity index is 1.63. The number of hydrogen-bond donors (Lipinski definition) is 0. The van der Waals surface area contributed by atoms with Gasteiger partial charge in [0.15, 0.2) is 0 Å². The second-order valence-corrected chi connectivity index (χ2v) is 7.88. The van der Waals surface area contributed by atoms with Gasteiger partial charge in [-0.15, -0.1) is 0 Å². The molecule has 0 bridgehead atoms. The summed E-state index contributed by atoms with van der Waals surface area (Å²) < 4.78 is 15.3. The van der Waals surface area contributed by atoms with Crippen LogP contribution in [0.5, 0.6) is 0 Å². The Kier molecular flexibility index (Phi) is 5.11. The first kappa shape index (κ1) is 19.2. The molecule has 0 atom stereocenters. The van der Waals surface area contributed by atoms with Crippen LogP contribution in [0.15, 0.2) is 65.6 Å². The highest BCUT2D eigenvalue weighted by Gasteiger charge is 2.35. The Hall–Kier alpha value is -3.12. The van der Waals surface area contributed by atoms with E-state index >= 15 is 0 Å². The number of thioether (sulfide) groups is 1. The molecule has 1 aliphatic rings. The first-order valence-corrected chi connectivity index (χ1v) is 10.00. The molecule has 1 aliphatic heterocycles. The van der Waals surface area contributed by atoms with Crippen LogP contribution < -0.4 is 0 Å². The van der Waals surface area contributed by atoms with Gasteiger partial charge in [-0.25, -0.2) is 4.39 Å². The second kappa shape index (κ2) is 7.72. The highest BCUT2D eigenvalue weighted by atomic mass is 32.2. The van der Waals surface area contributed by atoms with Gasteiger partial charge in [-0.2, -0.15) is 0 Å². The third-order valence-electron chi connectivity index (χ3n) is 4.90. The molecule has 0 N–H and O–H groups in total. The monoisotopic (exact) mass is 406 g/mol. The molecule has 2 aromatic carbocycles. The zero-order valence-electron chi connectivity index (χ0n) is 16.1. The quantitative estimate of drug-likeness (QED) is 0.540. The van der Waals surface area contributed by atoms with E-state index in [0.29, 0.717) is 4.91 Å². The standard InChI is InChI=1S/C23H19FN2O2S/c1-15-12-18(16(2)26(15)20-10-8-19(24)9-11-20)13-21-22(27)25(23(28)29-21)14-17-6-4-3-5-7-17/h3-13H,14H2,1-2H3/b21-13-. The molecule has 1 aromatic heterocycles. The van der Waals surface area contributed by atoms with Crippen molar-refractivity contribution in [3.8, 4) is 5.69 Å². The van der Waals surface area contributed by atoms with E-state index in [4.69, 9.17) is 0 Å². The molecule has 0 unspecified atom stereocenters. The summed E-state index contributed by atoms with van der Waals surface area (Å²) in [6.45, 7) is 4.16. The molecule has 2 heterocycles. The summed E-state index contributed by atoms with van der Waals surface area (Å²) >= 11 is 0.957. The summed E-state index contributed by atoms with van der Waals surface area (Å²) in [4.78, 5) is 26.9. The smallest absolute Gasteiger partial charge is 0.293 e. The van der Waals surface area contributed by atoms with Crippen molar-refractivity contribution >= 4 is 29.0 Å². The fourth-order valence-corrected chi connectivity index (χ4v) is 4.29. The van der Waals surface area contributed by atoms with Crippen LogP contribution in [0.3, 0.4) is 0 Å². The van der Waals surface area contributed by atoms with Crippen LogP contribution in [-0.2, 0) is 11.3 Å². The molecule has 29 heavy (non-hydrogen) atoms. The number of nitrogens with zero attached hydrogens (tertiary/aromatic N) is 2. The van der Waals surface area contributed by atoms with E-state index in [0.717, 1.165) is 40.0 Å². The van der Waals surface area contributed by atoms with Crippen LogP contribution in [0.25, 0.3) is 11.8 Å². The number of amides is 2. The van der Waals surface area contributed by atoms with Crippen LogP contribution >= 0.6 is 11.8 Å². The van der Waals surface area contributed by atoms with Crippen LogP contribution in [0.2, 0.25) is 0 Å². The number of rotatable bonds is 4. The van der Waals surface area contributed by atoms with Crippen LogP contribution in [-0.4, -0.2) is 20.6 Å². The van der Waals surface area contributed by atoms with E-state index in [1.54, 1.807) is 18.2 Å². The van der Waals surface area contributed by atoms with Crippen molar-refractivity contribution in [1.82, 2.24) is 9.47 Å². The average Bonchev–Trinajstić information content (AvgIpc) is 3.13. The van der Waals surface area contributed by atoms with Gasteiger partial charge in [-0.05, 0) is 73.1 Å². The molecular weight excluding hydrogens is 387 g/mol. The van der Waals surface area contributed by atoms with Crippen LogP contribution in [0.4, 0.5) is 9.18 Å². The van der Waals surface area contributed by atoms with Gasteiger partial charge in [-0.1, -0.05) is 30.3 Å². The van der Waals surface area contributed by atoms with Gasteiger partial charge in [0, 0.05) is 17.1 Å². The summed E-state index contributed by atoms with van der Waals surface area (Å²) in [6.07, 6.45) is 1.76. The van der Waals surface area contributed by atoms with Gasteiger partial charge >= 0.3 is 0 Å². The van der Waals surface area contributed by atoms with Crippen LogP contribution in [0.1, 0.15) is 22.5 Å². The summed E-state index contributed by atoms with van der Waals surface area (Å²) in [7, 11) is 0. The first-order chi connectivity index (χ1) is 13.9. The lowest BCUT2D eigenvalue weighted by Gasteiger charge is -2.12. The van der Waals surface area contributed by atoms with Gasteiger partial charge < -0.3 is 4.57 Å². The molecule has 6 heteroatoms. The Bertz CT molecular complexity index is 1120. The van der Waals surface area contributed by atoms with Crippen molar-refractivity contribution in [3.63, 3.8) is 0 Å². The average molecular weight is 406 g/mol. The number of carbonyl (C=O) groups excluding carboxylic acids is 2. The van der Waals surface area contributed by atoms with Gasteiger partial charge in [0.25, 0.3) is 11.1 Å². The topological polar surface area (TPSA) is 42.3 Å². The van der Waals surface area contributed by atoms with Crippen molar-refractivity contribution in [3.05, 3.63) is 93.9 Å². The number of carbonyl (C=O) groups is 2. The number of benzene rings is 2. The zero-order valence-corrected chi connectivity index (χ0v) is 16.9. The van der Waals surface area contributed by atoms with E-state index in [1.807, 2.05) is 54.8 Å². The van der Waals surface area contributed by atoms with E-state index < -0.39 is 0 Å². The SMILES string of the molecule is Cc1cc(/C=C2\SC(=O)N(Cc3ccccc3)C2=O)c(C)n1-c1ccc(F)cc1. The number of aromatic nitrogens is 1. The summed E-state index contributed by atoms with van der Waals surface area (Å²) in [6, 6.07) is 17.7. The van der Waals surface area contributed by atoms with Crippen molar-refractivity contribution < 1.29 is 14.0 Å². The van der Waals surface area contributed by atoms with Crippen molar-refractivity contribution in [2.45, 2.75) is 20.4 Å². The number of halogens is 1. The molecule has 3 aromatic rings. The van der Waals surface area contributed by atoms with E-state index in [-0.39, 0.29) is 23.5 Å². The normalized spacial score (nSPS) is 15.6.